The van der Waals surface area contributed by atoms with Crippen molar-refractivity contribution in [1.29, 1.82) is 0 Å². The minimum absolute atomic E-state index is 0.250. The van der Waals surface area contributed by atoms with E-state index in [4.69, 9.17) is 0 Å². The van der Waals surface area contributed by atoms with Crippen LogP contribution in [0.3, 0.4) is 0 Å². The average molecular weight is 264 g/mol. The summed E-state index contributed by atoms with van der Waals surface area (Å²) in [5.74, 6) is 0. The van der Waals surface area contributed by atoms with Gasteiger partial charge in [-0.2, -0.15) is 13.2 Å². The molecule has 0 N–H and O–H groups in total. The second kappa shape index (κ2) is 4.72. The average Bonchev–Trinajstić information content (AvgIpc) is 2.32. The zero-order valence-electron chi connectivity index (χ0n) is 11.1. The standard InChI is InChI=1S/C16H15F3/c1-10-4-6-13(8-12(10)3)14-7-5-11(2)15(9-14)16(17,18)19/h4-9H,1-3H3. The zero-order chi connectivity index (χ0) is 14.2. The van der Waals surface area contributed by atoms with Crippen LogP contribution in [0.15, 0.2) is 36.4 Å². The Bertz CT molecular complexity index is 610. The number of hydrogen-bond acceptors (Lipinski definition) is 0. The second-order valence-corrected chi connectivity index (χ2v) is 4.83. The summed E-state index contributed by atoms with van der Waals surface area (Å²) in [5, 5.41) is 0. The van der Waals surface area contributed by atoms with Gasteiger partial charge in [0.2, 0.25) is 0 Å². The fourth-order valence-electron chi connectivity index (χ4n) is 2.03. The molecule has 0 aromatic heterocycles. The molecule has 2 rings (SSSR count). The van der Waals surface area contributed by atoms with Crippen LogP contribution in [0.25, 0.3) is 11.1 Å². The summed E-state index contributed by atoms with van der Waals surface area (Å²) in [6, 6.07) is 10.2. The van der Waals surface area contributed by atoms with Gasteiger partial charge in [-0.3, -0.25) is 0 Å². The Morgan fingerprint density at radius 3 is 1.74 bits per heavy atom. The van der Waals surface area contributed by atoms with Gasteiger partial charge in [0.25, 0.3) is 0 Å². The Hall–Kier alpha value is -1.77. The molecule has 0 aliphatic rings. The van der Waals surface area contributed by atoms with E-state index in [2.05, 4.69) is 0 Å². The van der Waals surface area contributed by atoms with Crippen LogP contribution in [0.2, 0.25) is 0 Å². The summed E-state index contributed by atoms with van der Waals surface area (Å²) in [6.45, 7) is 5.42. The van der Waals surface area contributed by atoms with Crippen molar-refractivity contribution in [2.75, 3.05) is 0 Å². The smallest absolute Gasteiger partial charge is 0.166 e. The van der Waals surface area contributed by atoms with Crippen LogP contribution in [0, 0.1) is 20.8 Å². The molecule has 0 radical (unpaired) electrons. The van der Waals surface area contributed by atoms with Crippen molar-refractivity contribution < 1.29 is 13.2 Å². The van der Waals surface area contributed by atoms with Crippen LogP contribution in [-0.2, 0) is 6.18 Å². The number of aryl methyl sites for hydroxylation is 3. The quantitative estimate of drug-likeness (QED) is 0.655. The molecule has 2 aromatic rings. The number of alkyl halides is 3. The topological polar surface area (TPSA) is 0 Å². The highest BCUT2D eigenvalue weighted by molar-refractivity contribution is 5.66. The molecule has 0 unspecified atom stereocenters. The highest BCUT2D eigenvalue weighted by Gasteiger charge is 2.32. The molecule has 2 aromatic carbocycles. The van der Waals surface area contributed by atoms with Crippen molar-refractivity contribution in [3.63, 3.8) is 0 Å². The third-order valence-electron chi connectivity index (χ3n) is 3.38. The molecule has 0 heterocycles. The maximum atomic E-state index is 12.9. The molecule has 0 aliphatic carbocycles. The molecule has 100 valence electrons. The monoisotopic (exact) mass is 264 g/mol. The van der Waals surface area contributed by atoms with Gasteiger partial charge in [-0.15, -0.1) is 0 Å². The van der Waals surface area contributed by atoms with Crippen molar-refractivity contribution in [3.05, 3.63) is 58.7 Å². The lowest BCUT2D eigenvalue weighted by Crippen LogP contribution is -2.07. The molecule has 0 spiro atoms. The number of halogens is 3. The van der Waals surface area contributed by atoms with E-state index < -0.39 is 11.7 Å². The third kappa shape index (κ3) is 2.80. The number of hydrogen-bond donors (Lipinski definition) is 0. The summed E-state index contributed by atoms with van der Waals surface area (Å²) in [7, 11) is 0. The first-order valence-corrected chi connectivity index (χ1v) is 6.04. The van der Waals surface area contributed by atoms with Gasteiger partial charge in [0.1, 0.15) is 0 Å². The van der Waals surface area contributed by atoms with E-state index in [1.165, 1.54) is 19.1 Å². The largest absolute Gasteiger partial charge is 0.416 e. The van der Waals surface area contributed by atoms with E-state index in [-0.39, 0.29) is 5.56 Å². The van der Waals surface area contributed by atoms with E-state index in [0.29, 0.717) is 5.56 Å². The third-order valence-corrected chi connectivity index (χ3v) is 3.38. The van der Waals surface area contributed by atoms with Gasteiger partial charge < -0.3 is 0 Å². The minimum atomic E-state index is -4.31. The minimum Gasteiger partial charge on any atom is -0.166 e. The Morgan fingerprint density at radius 1 is 0.684 bits per heavy atom. The van der Waals surface area contributed by atoms with E-state index in [1.807, 2.05) is 32.0 Å². The fourth-order valence-corrected chi connectivity index (χ4v) is 2.03. The van der Waals surface area contributed by atoms with Gasteiger partial charge in [-0.25, -0.2) is 0 Å². The molecule has 19 heavy (non-hydrogen) atoms. The molecular weight excluding hydrogens is 249 g/mol. The zero-order valence-corrected chi connectivity index (χ0v) is 11.1. The fraction of sp³-hybridized carbons (Fsp3) is 0.250. The van der Waals surface area contributed by atoms with E-state index >= 15 is 0 Å². The van der Waals surface area contributed by atoms with Gasteiger partial charge in [-0.05, 0) is 54.7 Å². The van der Waals surface area contributed by atoms with Crippen molar-refractivity contribution in [1.82, 2.24) is 0 Å². The Kier molecular flexibility index (Phi) is 3.40. The summed E-state index contributed by atoms with van der Waals surface area (Å²) in [5.41, 5.74) is 3.30. The van der Waals surface area contributed by atoms with Crippen LogP contribution < -0.4 is 0 Å². The molecule has 0 saturated heterocycles. The molecular formula is C16H15F3. The van der Waals surface area contributed by atoms with Gasteiger partial charge in [0, 0.05) is 0 Å². The summed E-state index contributed by atoms with van der Waals surface area (Å²) in [4.78, 5) is 0. The Morgan fingerprint density at radius 2 is 1.21 bits per heavy atom. The van der Waals surface area contributed by atoms with Crippen LogP contribution in [0.4, 0.5) is 13.2 Å². The number of benzene rings is 2. The van der Waals surface area contributed by atoms with Crippen LogP contribution in [-0.4, -0.2) is 0 Å². The van der Waals surface area contributed by atoms with Crippen molar-refractivity contribution >= 4 is 0 Å². The Labute approximate surface area is 110 Å². The highest BCUT2D eigenvalue weighted by Crippen LogP contribution is 2.34. The van der Waals surface area contributed by atoms with Gasteiger partial charge in [-0.1, -0.05) is 30.3 Å². The van der Waals surface area contributed by atoms with Gasteiger partial charge >= 0.3 is 6.18 Å². The lowest BCUT2D eigenvalue weighted by atomic mass is 9.97. The van der Waals surface area contributed by atoms with Crippen LogP contribution in [0.1, 0.15) is 22.3 Å². The summed E-state index contributed by atoms with van der Waals surface area (Å²) < 4.78 is 38.7. The summed E-state index contributed by atoms with van der Waals surface area (Å²) >= 11 is 0. The number of rotatable bonds is 1. The van der Waals surface area contributed by atoms with Crippen molar-refractivity contribution in [2.45, 2.75) is 26.9 Å². The first-order valence-electron chi connectivity index (χ1n) is 6.04. The lowest BCUT2D eigenvalue weighted by molar-refractivity contribution is -0.138. The van der Waals surface area contributed by atoms with Crippen molar-refractivity contribution in [2.24, 2.45) is 0 Å². The predicted octanol–water partition coefficient (Wildman–Crippen LogP) is 5.30. The van der Waals surface area contributed by atoms with E-state index in [9.17, 15) is 13.2 Å². The molecule has 0 aliphatic heterocycles. The normalized spacial score (nSPS) is 11.7. The molecule has 0 bridgehead atoms. The molecule has 3 heteroatoms. The second-order valence-electron chi connectivity index (χ2n) is 4.83. The van der Waals surface area contributed by atoms with E-state index in [0.717, 1.165) is 16.7 Å². The maximum absolute atomic E-state index is 12.9. The van der Waals surface area contributed by atoms with Crippen molar-refractivity contribution in [3.8, 4) is 11.1 Å². The predicted molar refractivity (Wildman–Crippen MR) is 71.1 cm³/mol. The van der Waals surface area contributed by atoms with Gasteiger partial charge in [0.15, 0.2) is 0 Å². The van der Waals surface area contributed by atoms with Crippen LogP contribution in [0.5, 0.6) is 0 Å². The molecule has 0 amide bonds. The summed E-state index contributed by atoms with van der Waals surface area (Å²) in [6.07, 6.45) is -4.31. The highest BCUT2D eigenvalue weighted by atomic mass is 19.4. The van der Waals surface area contributed by atoms with Gasteiger partial charge in [0.05, 0.1) is 5.56 Å². The SMILES string of the molecule is Cc1ccc(-c2ccc(C)c(C(F)(F)F)c2)cc1C. The molecule has 0 atom stereocenters. The first-order chi connectivity index (χ1) is 8.79. The Balaban J connectivity index is 2.54. The van der Waals surface area contributed by atoms with Crippen LogP contribution >= 0.6 is 0 Å². The molecule has 0 nitrogen and oxygen atoms in total. The maximum Gasteiger partial charge on any atom is 0.416 e. The van der Waals surface area contributed by atoms with E-state index in [1.54, 1.807) is 6.07 Å². The molecule has 0 saturated carbocycles. The first kappa shape index (κ1) is 13.7. The molecule has 0 fully saturated rings. The lowest BCUT2D eigenvalue weighted by Gasteiger charge is -2.13.